The van der Waals surface area contributed by atoms with Gasteiger partial charge >= 0.3 is 0 Å². The van der Waals surface area contributed by atoms with Gasteiger partial charge in [0, 0.05) is 16.4 Å². The summed E-state index contributed by atoms with van der Waals surface area (Å²) in [6, 6.07) is 47.4. The average Bonchev–Trinajstić information content (AvgIpc) is 3.69. The first-order valence-electron chi connectivity index (χ1n) is 14.8. The van der Waals surface area contributed by atoms with Crippen LogP contribution in [0.4, 0.5) is 0 Å². The molecule has 43 heavy (non-hydrogen) atoms. The molecule has 204 valence electrons. The highest BCUT2D eigenvalue weighted by atomic mass is 16.3. The van der Waals surface area contributed by atoms with Crippen LogP contribution in [0.15, 0.2) is 138 Å². The molecule has 0 spiro atoms. The highest BCUT2D eigenvalue weighted by molar-refractivity contribution is 6.11. The maximum Gasteiger partial charge on any atom is 0.145 e. The van der Waals surface area contributed by atoms with E-state index in [1.54, 1.807) is 0 Å². The van der Waals surface area contributed by atoms with Gasteiger partial charge in [0.15, 0.2) is 0 Å². The van der Waals surface area contributed by atoms with Crippen molar-refractivity contribution in [2.24, 2.45) is 0 Å². The van der Waals surface area contributed by atoms with Crippen LogP contribution < -0.4 is 0 Å². The molecule has 1 aliphatic carbocycles. The predicted octanol–water partition coefficient (Wildman–Crippen LogP) is 10.6. The number of imidazole rings is 1. The van der Waals surface area contributed by atoms with E-state index >= 15 is 0 Å². The third-order valence-electron chi connectivity index (χ3n) is 9.22. The first kappa shape index (κ1) is 24.2. The molecule has 3 nitrogen and oxygen atoms in total. The molecule has 8 aromatic rings. The third-order valence-corrected chi connectivity index (χ3v) is 9.22. The molecule has 0 unspecified atom stereocenters. The molecule has 0 saturated carbocycles. The van der Waals surface area contributed by atoms with Gasteiger partial charge in [-0.05, 0) is 75.8 Å². The van der Waals surface area contributed by atoms with Crippen LogP contribution in [0.2, 0.25) is 0 Å². The number of hydrogen-bond donors (Lipinski definition) is 0. The number of nitrogens with zero attached hydrogens (tertiary/aromatic N) is 2. The van der Waals surface area contributed by atoms with Crippen LogP contribution in [0.3, 0.4) is 0 Å². The molecule has 0 radical (unpaired) electrons. The van der Waals surface area contributed by atoms with Gasteiger partial charge in [0.2, 0.25) is 0 Å². The van der Waals surface area contributed by atoms with Crippen molar-refractivity contribution in [1.82, 2.24) is 9.55 Å². The molecule has 2 aromatic heterocycles. The van der Waals surface area contributed by atoms with Crippen LogP contribution in [0.5, 0.6) is 0 Å². The van der Waals surface area contributed by atoms with Crippen molar-refractivity contribution in [2.75, 3.05) is 0 Å². The molecule has 2 heterocycles. The molecule has 0 fully saturated rings. The highest BCUT2D eigenvalue weighted by Crippen LogP contribution is 2.49. The number of rotatable bonds is 3. The van der Waals surface area contributed by atoms with Gasteiger partial charge in [-0.25, -0.2) is 4.98 Å². The summed E-state index contributed by atoms with van der Waals surface area (Å²) in [6.45, 7) is 4.67. The number of furan rings is 1. The fourth-order valence-corrected chi connectivity index (χ4v) is 7.11. The lowest BCUT2D eigenvalue weighted by molar-refractivity contribution is 0.660. The second-order valence-electron chi connectivity index (χ2n) is 12.0. The van der Waals surface area contributed by atoms with Crippen molar-refractivity contribution in [1.29, 1.82) is 0 Å². The van der Waals surface area contributed by atoms with E-state index < -0.39 is 0 Å². The van der Waals surface area contributed by atoms with Crippen LogP contribution in [0.25, 0.3) is 72.3 Å². The Balaban J connectivity index is 1.27. The molecule has 0 aliphatic heterocycles. The summed E-state index contributed by atoms with van der Waals surface area (Å²) in [5, 5.41) is 2.19. The standard InChI is InChI=1S/C40H28N2O/c1-40(2)31-14-7-6-13-28(31)29-21-19-27(24-32(29)40)26-20-22-36-30(23-26)38-35(17-10-18-37(38)43-36)42-34-16-9-8-15-33(34)41-39(42)25-11-4-3-5-12-25/h3-24H,1-2H3. The second kappa shape index (κ2) is 8.80. The average molecular weight is 553 g/mol. The summed E-state index contributed by atoms with van der Waals surface area (Å²) in [6.07, 6.45) is 0. The summed E-state index contributed by atoms with van der Waals surface area (Å²) < 4.78 is 8.74. The number of para-hydroxylation sites is 2. The fraction of sp³-hybridized carbons (Fsp3) is 0.0750. The van der Waals surface area contributed by atoms with Crippen molar-refractivity contribution < 1.29 is 4.42 Å². The maximum absolute atomic E-state index is 6.46. The minimum absolute atomic E-state index is 0.0438. The Kier molecular flexibility index (Phi) is 4.95. The van der Waals surface area contributed by atoms with E-state index in [0.29, 0.717) is 0 Å². The van der Waals surface area contributed by atoms with Crippen LogP contribution in [-0.4, -0.2) is 9.55 Å². The lowest BCUT2D eigenvalue weighted by atomic mass is 9.81. The van der Waals surface area contributed by atoms with Crippen molar-refractivity contribution in [3.8, 4) is 39.3 Å². The van der Waals surface area contributed by atoms with E-state index in [1.165, 1.54) is 33.4 Å². The van der Waals surface area contributed by atoms with Gasteiger partial charge in [-0.1, -0.05) is 105 Å². The molecule has 0 N–H and O–H groups in total. The summed E-state index contributed by atoms with van der Waals surface area (Å²) in [5.41, 5.74) is 13.7. The van der Waals surface area contributed by atoms with Gasteiger partial charge in [-0.15, -0.1) is 0 Å². The molecule has 0 atom stereocenters. The Bertz CT molecular complexity index is 2370. The zero-order valence-corrected chi connectivity index (χ0v) is 24.0. The Morgan fingerprint density at radius 1 is 0.581 bits per heavy atom. The summed E-state index contributed by atoms with van der Waals surface area (Å²) in [4.78, 5) is 5.09. The molecule has 0 amide bonds. The normalized spacial score (nSPS) is 13.5. The van der Waals surface area contributed by atoms with E-state index in [4.69, 9.17) is 9.40 Å². The second-order valence-corrected chi connectivity index (χ2v) is 12.0. The van der Waals surface area contributed by atoms with E-state index in [9.17, 15) is 0 Å². The van der Waals surface area contributed by atoms with Crippen LogP contribution in [0.1, 0.15) is 25.0 Å². The topological polar surface area (TPSA) is 31.0 Å². The van der Waals surface area contributed by atoms with Gasteiger partial charge in [0.25, 0.3) is 0 Å². The number of benzene rings is 6. The molecular weight excluding hydrogens is 524 g/mol. The van der Waals surface area contributed by atoms with Crippen LogP contribution >= 0.6 is 0 Å². The number of aromatic nitrogens is 2. The highest BCUT2D eigenvalue weighted by Gasteiger charge is 2.35. The molecule has 0 bridgehead atoms. The molecule has 3 heteroatoms. The van der Waals surface area contributed by atoms with Gasteiger partial charge in [-0.3, -0.25) is 4.57 Å². The van der Waals surface area contributed by atoms with Crippen LogP contribution in [-0.2, 0) is 5.41 Å². The SMILES string of the molecule is CC1(C)c2ccccc2-c2ccc(-c3ccc4oc5cccc(-n6c(-c7ccccc7)nc7ccccc76)c5c4c3)cc21. The van der Waals surface area contributed by atoms with Gasteiger partial charge < -0.3 is 4.42 Å². The number of fused-ring (bicyclic) bond motifs is 7. The van der Waals surface area contributed by atoms with E-state index in [0.717, 1.165) is 50.0 Å². The molecule has 9 rings (SSSR count). The van der Waals surface area contributed by atoms with Gasteiger partial charge in [0.1, 0.15) is 17.0 Å². The summed E-state index contributed by atoms with van der Waals surface area (Å²) >= 11 is 0. The minimum atomic E-state index is -0.0438. The molecule has 6 aromatic carbocycles. The van der Waals surface area contributed by atoms with Gasteiger partial charge in [0.05, 0.1) is 22.1 Å². The third kappa shape index (κ3) is 3.45. The maximum atomic E-state index is 6.46. The number of hydrogen-bond acceptors (Lipinski definition) is 2. The Labute approximate surface area is 249 Å². The van der Waals surface area contributed by atoms with Gasteiger partial charge in [-0.2, -0.15) is 0 Å². The first-order chi connectivity index (χ1) is 21.1. The zero-order chi connectivity index (χ0) is 28.7. The van der Waals surface area contributed by atoms with Crippen molar-refractivity contribution >= 4 is 33.0 Å². The Morgan fingerprint density at radius 3 is 2.23 bits per heavy atom. The quantitative estimate of drug-likeness (QED) is 0.218. The Hall–Kier alpha value is -5.41. The first-order valence-corrected chi connectivity index (χ1v) is 14.8. The van der Waals surface area contributed by atoms with E-state index in [2.05, 4.69) is 140 Å². The lowest BCUT2D eigenvalue weighted by Gasteiger charge is -2.22. The minimum Gasteiger partial charge on any atom is -0.456 e. The van der Waals surface area contributed by atoms with Crippen molar-refractivity contribution in [2.45, 2.75) is 19.3 Å². The zero-order valence-electron chi connectivity index (χ0n) is 24.0. The smallest absolute Gasteiger partial charge is 0.145 e. The summed E-state index contributed by atoms with van der Waals surface area (Å²) in [7, 11) is 0. The lowest BCUT2D eigenvalue weighted by Crippen LogP contribution is -2.14. The van der Waals surface area contributed by atoms with Crippen molar-refractivity contribution in [3.05, 3.63) is 145 Å². The Morgan fingerprint density at radius 2 is 1.33 bits per heavy atom. The van der Waals surface area contributed by atoms with Crippen molar-refractivity contribution in [3.63, 3.8) is 0 Å². The van der Waals surface area contributed by atoms with Crippen LogP contribution in [0, 0.1) is 0 Å². The van der Waals surface area contributed by atoms with E-state index in [-0.39, 0.29) is 5.41 Å². The molecule has 0 saturated heterocycles. The monoisotopic (exact) mass is 552 g/mol. The fourth-order valence-electron chi connectivity index (χ4n) is 7.11. The van der Waals surface area contributed by atoms with E-state index in [1.807, 2.05) is 12.1 Å². The summed E-state index contributed by atoms with van der Waals surface area (Å²) in [5.74, 6) is 0.917. The molecular formula is C40H28N2O. The predicted molar refractivity (Wildman–Crippen MR) is 177 cm³/mol. The molecule has 1 aliphatic rings. The largest absolute Gasteiger partial charge is 0.456 e.